The molecule has 0 aromatic carbocycles. The summed E-state index contributed by atoms with van der Waals surface area (Å²) in [6.07, 6.45) is 16.7. The van der Waals surface area contributed by atoms with E-state index in [-0.39, 0.29) is 11.8 Å². The minimum atomic E-state index is -0.0610. The van der Waals surface area contributed by atoms with Gasteiger partial charge in [-0.1, -0.05) is 12.8 Å². The van der Waals surface area contributed by atoms with Crippen LogP contribution in [0.1, 0.15) is 77.0 Å². The van der Waals surface area contributed by atoms with Crippen molar-refractivity contribution in [2.75, 3.05) is 0 Å². The molecule has 2 N–H and O–H groups in total. The molecule has 28 heavy (non-hydrogen) atoms. The Kier molecular flexibility index (Phi) is 6.43. The van der Waals surface area contributed by atoms with Crippen molar-refractivity contribution in [3.8, 4) is 0 Å². The normalized spacial score (nSPS) is 36.0. The van der Waals surface area contributed by atoms with Crippen molar-refractivity contribution in [1.29, 1.82) is 0 Å². The third-order valence-electron chi connectivity index (χ3n) is 7.55. The SMILES string of the molecule is O=C(CCCCC(=O)NN=CC1CC2CCC1C2)NN=CC1CC2CCC1C2. The van der Waals surface area contributed by atoms with E-state index in [2.05, 4.69) is 21.1 Å². The van der Waals surface area contributed by atoms with Crippen molar-refractivity contribution in [2.45, 2.75) is 77.0 Å². The van der Waals surface area contributed by atoms with Crippen LogP contribution < -0.4 is 10.9 Å². The highest BCUT2D eigenvalue weighted by Gasteiger charge is 2.39. The Morgan fingerprint density at radius 3 is 1.54 bits per heavy atom. The highest BCUT2D eigenvalue weighted by Crippen LogP contribution is 2.48. The average Bonchev–Trinajstić information content (AvgIpc) is 3.46. The van der Waals surface area contributed by atoms with Gasteiger partial charge in [-0.25, -0.2) is 10.9 Å². The van der Waals surface area contributed by atoms with Crippen LogP contribution in [0.3, 0.4) is 0 Å². The zero-order valence-electron chi connectivity index (χ0n) is 16.8. The Morgan fingerprint density at radius 1 is 0.714 bits per heavy atom. The lowest BCUT2D eigenvalue weighted by Gasteiger charge is -2.16. The largest absolute Gasteiger partial charge is 0.273 e. The van der Waals surface area contributed by atoms with Gasteiger partial charge < -0.3 is 0 Å². The molecule has 0 aliphatic heterocycles. The number of unbranched alkanes of at least 4 members (excludes halogenated alkanes) is 1. The quantitative estimate of drug-likeness (QED) is 0.360. The Balaban J connectivity index is 1.03. The average molecular weight is 387 g/mol. The molecule has 4 rings (SSSR count). The predicted molar refractivity (Wildman–Crippen MR) is 110 cm³/mol. The summed E-state index contributed by atoms with van der Waals surface area (Å²) in [5.74, 6) is 4.35. The van der Waals surface area contributed by atoms with Gasteiger partial charge in [0.25, 0.3) is 0 Å². The van der Waals surface area contributed by atoms with Gasteiger partial charge in [0.05, 0.1) is 0 Å². The number of carbonyl (C=O) groups is 2. The third-order valence-corrected chi connectivity index (χ3v) is 7.55. The second-order valence-corrected chi connectivity index (χ2v) is 9.51. The Morgan fingerprint density at radius 2 is 1.18 bits per heavy atom. The van der Waals surface area contributed by atoms with Crippen molar-refractivity contribution in [3.05, 3.63) is 0 Å². The highest BCUT2D eigenvalue weighted by atomic mass is 16.2. The molecule has 6 nitrogen and oxygen atoms in total. The molecule has 4 aliphatic carbocycles. The zero-order chi connectivity index (χ0) is 19.3. The fourth-order valence-corrected chi connectivity index (χ4v) is 6.05. The topological polar surface area (TPSA) is 82.9 Å². The van der Waals surface area contributed by atoms with Gasteiger partial charge in [0, 0.05) is 25.3 Å². The molecule has 4 bridgehead atoms. The minimum absolute atomic E-state index is 0.0610. The van der Waals surface area contributed by atoms with Crippen LogP contribution in [0, 0.1) is 35.5 Å². The van der Waals surface area contributed by atoms with Crippen molar-refractivity contribution >= 4 is 24.2 Å². The molecule has 4 saturated carbocycles. The third kappa shape index (κ3) is 5.00. The van der Waals surface area contributed by atoms with E-state index in [1.54, 1.807) is 0 Å². The van der Waals surface area contributed by atoms with E-state index >= 15 is 0 Å². The summed E-state index contributed by atoms with van der Waals surface area (Å²) in [5.41, 5.74) is 5.28. The smallest absolute Gasteiger partial charge is 0.240 e. The maximum Gasteiger partial charge on any atom is 0.240 e. The van der Waals surface area contributed by atoms with Crippen LogP contribution in [0.4, 0.5) is 0 Å². The monoisotopic (exact) mass is 386 g/mol. The summed E-state index contributed by atoms with van der Waals surface area (Å²) in [7, 11) is 0. The van der Waals surface area contributed by atoms with Crippen LogP contribution in [-0.2, 0) is 9.59 Å². The van der Waals surface area contributed by atoms with Crippen molar-refractivity contribution < 1.29 is 9.59 Å². The second-order valence-electron chi connectivity index (χ2n) is 9.51. The number of hydrogen-bond donors (Lipinski definition) is 2. The molecule has 6 unspecified atom stereocenters. The molecular formula is C22H34N4O2. The van der Waals surface area contributed by atoms with Gasteiger partial charge in [0.1, 0.15) is 0 Å². The van der Waals surface area contributed by atoms with Gasteiger partial charge in [-0.3, -0.25) is 9.59 Å². The van der Waals surface area contributed by atoms with Crippen LogP contribution in [0.25, 0.3) is 0 Å². The molecule has 0 radical (unpaired) electrons. The van der Waals surface area contributed by atoms with E-state index in [4.69, 9.17) is 0 Å². The standard InChI is InChI=1S/C22H34N4O2/c27-21(25-23-13-19-11-15-5-7-17(19)9-15)3-1-2-4-22(28)26-24-14-20-12-16-6-8-18(20)10-16/h13-20H,1-12H2,(H,25,27)(H,26,28). The van der Waals surface area contributed by atoms with Crippen molar-refractivity contribution in [3.63, 3.8) is 0 Å². The van der Waals surface area contributed by atoms with Gasteiger partial charge in [-0.15, -0.1) is 0 Å². The van der Waals surface area contributed by atoms with E-state index in [9.17, 15) is 9.59 Å². The van der Waals surface area contributed by atoms with E-state index in [1.165, 1.54) is 51.4 Å². The van der Waals surface area contributed by atoms with Crippen molar-refractivity contribution in [2.24, 2.45) is 45.7 Å². The maximum atomic E-state index is 11.9. The molecular weight excluding hydrogens is 352 g/mol. The Hall–Kier alpha value is -1.72. The van der Waals surface area contributed by atoms with E-state index < -0.39 is 0 Å². The Bertz CT molecular complexity index is 578. The number of hydrogen-bond acceptors (Lipinski definition) is 4. The summed E-state index contributed by atoms with van der Waals surface area (Å²) in [6, 6.07) is 0. The molecule has 6 heteroatoms. The van der Waals surface area contributed by atoms with Gasteiger partial charge in [0.15, 0.2) is 0 Å². The minimum Gasteiger partial charge on any atom is -0.273 e. The first-order chi connectivity index (χ1) is 13.7. The van der Waals surface area contributed by atoms with Crippen LogP contribution in [0.2, 0.25) is 0 Å². The summed E-state index contributed by atoms with van der Waals surface area (Å²) >= 11 is 0. The summed E-state index contributed by atoms with van der Waals surface area (Å²) in [4.78, 5) is 23.7. The van der Waals surface area contributed by atoms with E-state index in [1.807, 2.05) is 12.4 Å². The first-order valence-electron chi connectivity index (χ1n) is 11.3. The second kappa shape index (κ2) is 9.19. The molecule has 4 fully saturated rings. The fourth-order valence-electron chi connectivity index (χ4n) is 6.05. The van der Waals surface area contributed by atoms with Crippen molar-refractivity contribution in [1.82, 2.24) is 10.9 Å². The lowest BCUT2D eigenvalue weighted by atomic mass is 9.90. The number of fused-ring (bicyclic) bond motifs is 4. The van der Waals surface area contributed by atoms with Gasteiger partial charge in [-0.05, 0) is 86.9 Å². The molecule has 0 heterocycles. The number of nitrogens with zero attached hydrogens (tertiary/aromatic N) is 2. The number of rotatable bonds is 9. The molecule has 0 spiro atoms. The van der Waals surface area contributed by atoms with E-state index in [0.717, 1.165) is 23.7 Å². The highest BCUT2D eigenvalue weighted by molar-refractivity contribution is 5.78. The van der Waals surface area contributed by atoms with Gasteiger partial charge in [-0.2, -0.15) is 10.2 Å². The van der Waals surface area contributed by atoms with Crippen LogP contribution >= 0.6 is 0 Å². The Labute approximate surface area is 168 Å². The molecule has 0 aromatic rings. The predicted octanol–water partition coefficient (Wildman–Crippen LogP) is 3.62. The van der Waals surface area contributed by atoms with Crippen LogP contribution in [0.5, 0.6) is 0 Å². The summed E-state index contributed by atoms with van der Waals surface area (Å²) in [5, 5.41) is 8.31. The van der Waals surface area contributed by atoms with Crippen LogP contribution in [0.15, 0.2) is 10.2 Å². The number of carbonyl (C=O) groups excluding carboxylic acids is 2. The number of amides is 2. The fraction of sp³-hybridized carbons (Fsp3) is 0.818. The lowest BCUT2D eigenvalue weighted by Crippen LogP contribution is -2.21. The number of nitrogens with one attached hydrogen (secondary N) is 2. The first-order valence-corrected chi connectivity index (χ1v) is 11.3. The van der Waals surface area contributed by atoms with Crippen LogP contribution in [-0.4, -0.2) is 24.2 Å². The number of hydrazone groups is 2. The maximum absolute atomic E-state index is 11.9. The molecule has 6 atom stereocenters. The molecule has 4 aliphatic rings. The molecule has 2 amide bonds. The molecule has 154 valence electrons. The molecule has 0 saturated heterocycles. The molecule has 0 aromatic heterocycles. The van der Waals surface area contributed by atoms with E-state index in [0.29, 0.717) is 37.5 Å². The summed E-state index contributed by atoms with van der Waals surface area (Å²) in [6.45, 7) is 0. The first kappa shape index (κ1) is 19.6. The van der Waals surface area contributed by atoms with Gasteiger partial charge >= 0.3 is 0 Å². The van der Waals surface area contributed by atoms with Gasteiger partial charge in [0.2, 0.25) is 11.8 Å². The lowest BCUT2D eigenvalue weighted by molar-refractivity contribution is -0.123. The summed E-state index contributed by atoms with van der Waals surface area (Å²) < 4.78 is 0. The zero-order valence-corrected chi connectivity index (χ0v) is 16.8.